The fourth-order valence-corrected chi connectivity index (χ4v) is 2.47. The van der Waals surface area contributed by atoms with Crippen LogP contribution in [0.5, 0.6) is 5.75 Å². The van der Waals surface area contributed by atoms with E-state index >= 15 is 0 Å². The molecule has 0 unspecified atom stereocenters. The third-order valence-corrected chi connectivity index (χ3v) is 3.79. The van der Waals surface area contributed by atoms with Gasteiger partial charge in [-0.3, -0.25) is 4.99 Å². The minimum absolute atomic E-state index is 0. The number of aryl methyl sites for hydroxylation is 1. The minimum atomic E-state index is -0.170. The molecular weight excluding hydrogens is 432 g/mol. The van der Waals surface area contributed by atoms with Crippen molar-refractivity contribution < 1.29 is 9.13 Å². The highest BCUT2D eigenvalue weighted by atomic mass is 127. The SMILES string of the molecule is CN=C(NCCc1ccccc1F)NCc1ccc(OC)c(C)c1.I. The Morgan fingerprint density at radius 3 is 2.56 bits per heavy atom. The molecule has 2 N–H and O–H groups in total. The molecule has 25 heavy (non-hydrogen) atoms. The van der Waals surface area contributed by atoms with Crippen molar-refractivity contribution in [2.24, 2.45) is 4.99 Å². The van der Waals surface area contributed by atoms with E-state index in [1.54, 1.807) is 26.3 Å². The molecule has 0 radical (unpaired) electrons. The van der Waals surface area contributed by atoms with Gasteiger partial charge in [-0.25, -0.2) is 4.39 Å². The van der Waals surface area contributed by atoms with Crippen LogP contribution in [0.2, 0.25) is 0 Å². The normalized spacial score (nSPS) is 10.8. The van der Waals surface area contributed by atoms with Gasteiger partial charge in [-0.15, -0.1) is 24.0 Å². The maximum absolute atomic E-state index is 13.6. The zero-order chi connectivity index (χ0) is 17.4. The summed E-state index contributed by atoms with van der Waals surface area (Å²) < 4.78 is 18.8. The van der Waals surface area contributed by atoms with E-state index in [-0.39, 0.29) is 29.8 Å². The highest BCUT2D eigenvalue weighted by Gasteiger charge is 2.03. The Bertz CT molecular complexity index is 707. The Kier molecular flexibility index (Phi) is 9.26. The number of hydrogen-bond acceptors (Lipinski definition) is 2. The second-order valence-electron chi connectivity index (χ2n) is 5.50. The molecule has 0 fully saturated rings. The third-order valence-electron chi connectivity index (χ3n) is 3.79. The number of benzene rings is 2. The Morgan fingerprint density at radius 1 is 1.16 bits per heavy atom. The molecule has 0 amide bonds. The molecule has 0 aromatic heterocycles. The van der Waals surface area contributed by atoms with Gasteiger partial charge in [-0.2, -0.15) is 0 Å². The van der Waals surface area contributed by atoms with Crippen molar-refractivity contribution in [1.29, 1.82) is 0 Å². The average molecular weight is 457 g/mol. The third kappa shape index (κ3) is 6.53. The van der Waals surface area contributed by atoms with Crippen molar-refractivity contribution in [2.75, 3.05) is 20.7 Å². The Balaban J connectivity index is 0.00000312. The van der Waals surface area contributed by atoms with E-state index in [0.717, 1.165) is 16.9 Å². The van der Waals surface area contributed by atoms with Crippen LogP contribution in [0.4, 0.5) is 4.39 Å². The summed E-state index contributed by atoms with van der Waals surface area (Å²) in [5.41, 5.74) is 2.94. The molecule has 2 aromatic rings. The minimum Gasteiger partial charge on any atom is -0.496 e. The molecule has 0 saturated carbocycles. The van der Waals surface area contributed by atoms with Gasteiger partial charge in [0.15, 0.2) is 5.96 Å². The van der Waals surface area contributed by atoms with E-state index in [2.05, 4.69) is 21.7 Å². The van der Waals surface area contributed by atoms with Crippen molar-refractivity contribution in [3.8, 4) is 5.75 Å². The molecule has 136 valence electrons. The summed E-state index contributed by atoms with van der Waals surface area (Å²) in [6, 6.07) is 12.9. The fourth-order valence-electron chi connectivity index (χ4n) is 2.47. The Morgan fingerprint density at radius 2 is 1.92 bits per heavy atom. The van der Waals surface area contributed by atoms with E-state index in [9.17, 15) is 4.39 Å². The van der Waals surface area contributed by atoms with Gasteiger partial charge < -0.3 is 15.4 Å². The van der Waals surface area contributed by atoms with Crippen molar-refractivity contribution in [2.45, 2.75) is 19.9 Å². The van der Waals surface area contributed by atoms with Gasteiger partial charge in [-0.05, 0) is 42.2 Å². The number of nitrogens with zero attached hydrogens (tertiary/aromatic N) is 1. The average Bonchev–Trinajstić information content (AvgIpc) is 2.59. The zero-order valence-electron chi connectivity index (χ0n) is 14.8. The highest BCUT2D eigenvalue weighted by Crippen LogP contribution is 2.18. The van der Waals surface area contributed by atoms with Gasteiger partial charge in [0.1, 0.15) is 11.6 Å². The Hall–Kier alpha value is -1.83. The van der Waals surface area contributed by atoms with E-state index in [0.29, 0.717) is 31.0 Å². The first-order chi connectivity index (χ1) is 11.6. The van der Waals surface area contributed by atoms with Crippen LogP contribution < -0.4 is 15.4 Å². The van der Waals surface area contributed by atoms with Crippen LogP contribution in [0.3, 0.4) is 0 Å². The quantitative estimate of drug-likeness (QED) is 0.396. The standard InChI is InChI=1S/C19H24FN3O.HI/c1-14-12-15(8-9-18(14)24-3)13-23-19(21-2)22-11-10-16-6-4-5-7-17(16)20;/h4-9,12H,10-11,13H2,1-3H3,(H2,21,22,23);1H. The number of hydrogen-bond donors (Lipinski definition) is 2. The lowest BCUT2D eigenvalue weighted by Crippen LogP contribution is -2.37. The number of methoxy groups -OCH3 is 1. The number of guanidine groups is 1. The summed E-state index contributed by atoms with van der Waals surface area (Å²) in [7, 11) is 3.39. The van der Waals surface area contributed by atoms with Gasteiger partial charge in [0.2, 0.25) is 0 Å². The van der Waals surface area contributed by atoms with Crippen LogP contribution in [0.1, 0.15) is 16.7 Å². The molecule has 6 heteroatoms. The van der Waals surface area contributed by atoms with Gasteiger partial charge in [0.05, 0.1) is 7.11 Å². The molecule has 0 saturated heterocycles. The summed E-state index contributed by atoms with van der Waals surface area (Å²) in [6.07, 6.45) is 0.606. The molecule has 0 bridgehead atoms. The number of aliphatic imine (C=N–C) groups is 1. The molecular formula is C19H25FIN3O. The number of rotatable bonds is 6. The largest absolute Gasteiger partial charge is 0.496 e. The topological polar surface area (TPSA) is 45.7 Å². The molecule has 0 aliphatic carbocycles. The van der Waals surface area contributed by atoms with Crippen molar-refractivity contribution >= 4 is 29.9 Å². The van der Waals surface area contributed by atoms with E-state index < -0.39 is 0 Å². The summed E-state index contributed by atoms with van der Waals surface area (Å²) in [4.78, 5) is 4.19. The van der Waals surface area contributed by atoms with Crippen LogP contribution in [0, 0.1) is 12.7 Å². The molecule has 0 atom stereocenters. The van der Waals surface area contributed by atoms with E-state index in [1.807, 2.05) is 25.1 Å². The first-order valence-electron chi connectivity index (χ1n) is 7.95. The summed E-state index contributed by atoms with van der Waals surface area (Å²) in [5.74, 6) is 1.40. The van der Waals surface area contributed by atoms with Crippen LogP contribution in [0.25, 0.3) is 0 Å². The predicted octanol–water partition coefficient (Wildman–Crippen LogP) is 3.67. The highest BCUT2D eigenvalue weighted by molar-refractivity contribution is 14.0. The summed E-state index contributed by atoms with van der Waals surface area (Å²) in [6.45, 7) is 3.29. The lowest BCUT2D eigenvalue weighted by molar-refractivity contribution is 0.411. The molecule has 4 nitrogen and oxygen atoms in total. The van der Waals surface area contributed by atoms with Crippen LogP contribution in [0.15, 0.2) is 47.5 Å². The van der Waals surface area contributed by atoms with Gasteiger partial charge in [-0.1, -0.05) is 30.3 Å². The van der Waals surface area contributed by atoms with Gasteiger partial charge in [0.25, 0.3) is 0 Å². The number of halogens is 2. The van der Waals surface area contributed by atoms with Gasteiger partial charge >= 0.3 is 0 Å². The Labute approximate surface area is 165 Å². The first kappa shape index (κ1) is 21.2. The van der Waals surface area contributed by atoms with Crippen LogP contribution >= 0.6 is 24.0 Å². The van der Waals surface area contributed by atoms with E-state index in [4.69, 9.17) is 4.74 Å². The molecule has 2 aromatic carbocycles. The predicted molar refractivity (Wildman–Crippen MR) is 111 cm³/mol. The summed E-state index contributed by atoms with van der Waals surface area (Å²) >= 11 is 0. The maximum atomic E-state index is 13.6. The second-order valence-corrected chi connectivity index (χ2v) is 5.50. The van der Waals surface area contributed by atoms with Crippen LogP contribution in [-0.4, -0.2) is 26.7 Å². The molecule has 0 spiro atoms. The molecule has 0 aliphatic rings. The fraction of sp³-hybridized carbons (Fsp3) is 0.316. The van der Waals surface area contributed by atoms with Crippen LogP contribution in [-0.2, 0) is 13.0 Å². The number of ether oxygens (including phenoxy) is 1. The zero-order valence-corrected chi connectivity index (χ0v) is 17.1. The molecule has 2 rings (SSSR count). The summed E-state index contributed by atoms with van der Waals surface area (Å²) in [5, 5.41) is 6.46. The number of nitrogens with one attached hydrogen (secondary N) is 2. The lowest BCUT2D eigenvalue weighted by Gasteiger charge is -2.13. The monoisotopic (exact) mass is 457 g/mol. The smallest absolute Gasteiger partial charge is 0.191 e. The van der Waals surface area contributed by atoms with E-state index in [1.165, 1.54) is 6.07 Å². The second kappa shape index (κ2) is 10.9. The first-order valence-corrected chi connectivity index (χ1v) is 7.95. The molecule has 0 aliphatic heterocycles. The van der Waals surface area contributed by atoms with Crippen molar-refractivity contribution in [3.05, 3.63) is 65.0 Å². The molecule has 0 heterocycles. The van der Waals surface area contributed by atoms with Crippen molar-refractivity contribution in [1.82, 2.24) is 10.6 Å². The van der Waals surface area contributed by atoms with Gasteiger partial charge in [0, 0.05) is 20.1 Å². The van der Waals surface area contributed by atoms with Crippen molar-refractivity contribution in [3.63, 3.8) is 0 Å². The maximum Gasteiger partial charge on any atom is 0.191 e. The lowest BCUT2D eigenvalue weighted by atomic mass is 10.1.